The first kappa shape index (κ1) is 15.0. The molecule has 0 aliphatic heterocycles. The van der Waals surface area contributed by atoms with Gasteiger partial charge in [-0.1, -0.05) is 0 Å². The summed E-state index contributed by atoms with van der Waals surface area (Å²) in [5.74, 6) is -0.735. The second-order valence-electron chi connectivity index (χ2n) is 3.91. The molecule has 0 saturated carbocycles. The van der Waals surface area contributed by atoms with Gasteiger partial charge in [-0.25, -0.2) is 10.9 Å². The van der Waals surface area contributed by atoms with Crippen molar-refractivity contribution in [2.24, 2.45) is 10.2 Å². The van der Waals surface area contributed by atoms with Gasteiger partial charge in [-0.05, 0) is 24.3 Å². The van der Waals surface area contributed by atoms with Crippen molar-refractivity contribution in [2.75, 3.05) is 0 Å². The van der Waals surface area contributed by atoms with E-state index in [4.69, 9.17) is 0 Å². The van der Waals surface area contributed by atoms with Gasteiger partial charge in [-0.2, -0.15) is 10.2 Å². The Morgan fingerprint density at radius 1 is 0.773 bits per heavy atom. The zero-order valence-electron chi connectivity index (χ0n) is 11.4. The molecule has 2 aromatic heterocycles. The Labute approximate surface area is 126 Å². The molecule has 0 aromatic carbocycles. The summed E-state index contributed by atoms with van der Waals surface area (Å²) in [4.78, 5) is 30.8. The summed E-state index contributed by atoms with van der Waals surface area (Å²) in [5.41, 5.74) is 5.50. The zero-order chi connectivity index (χ0) is 15.6. The van der Waals surface area contributed by atoms with Crippen molar-refractivity contribution in [1.29, 1.82) is 0 Å². The first-order valence-electron chi connectivity index (χ1n) is 6.23. The van der Waals surface area contributed by atoms with E-state index in [1.54, 1.807) is 24.3 Å². The maximum absolute atomic E-state index is 11.6. The Balaban J connectivity index is 1.76. The first-order chi connectivity index (χ1) is 10.8. The lowest BCUT2D eigenvalue weighted by atomic mass is 10.3. The number of nitrogens with one attached hydrogen (secondary N) is 2. The zero-order valence-corrected chi connectivity index (χ0v) is 11.4. The van der Waals surface area contributed by atoms with Crippen LogP contribution in [0.2, 0.25) is 0 Å². The highest BCUT2D eigenvalue weighted by Gasteiger charge is 2.02. The van der Waals surface area contributed by atoms with Crippen LogP contribution in [0.5, 0.6) is 0 Å². The molecule has 2 heterocycles. The van der Waals surface area contributed by atoms with Crippen LogP contribution in [0.4, 0.5) is 0 Å². The average molecular weight is 296 g/mol. The fourth-order valence-electron chi connectivity index (χ4n) is 1.39. The highest BCUT2D eigenvalue weighted by atomic mass is 16.2. The third-order valence-electron chi connectivity index (χ3n) is 2.43. The van der Waals surface area contributed by atoms with E-state index in [9.17, 15) is 9.59 Å². The van der Waals surface area contributed by atoms with Crippen molar-refractivity contribution >= 4 is 24.2 Å². The van der Waals surface area contributed by atoms with Crippen molar-refractivity contribution in [3.05, 3.63) is 60.2 Å². The van der Waals surface area contributed by atoms with E-state index in [1.807, 2.05) is 0 Å². The fraction of sp³-hybridized carbons (Fsp3) is 0. The number of amides is 2. The molecular formula is C14H12N6O2. The molecule has 0 bridgehead atoms. The van der Waals surface area contributed by atoms with Gasteiger partial charge >= 0.3 is 0 Å². The number of pyridine rings is 2. The summed E-state index contributed by atoms with van der Waals surface area (Å²) in [5, 5.41) is 7.32. The summed E-state index contributed by atoms with van der Waals surface area (Å²) in [6, 6.07) is 6.25. The Morgan fingerprint density at radius 2 is 1.14 bits per heavy atom. The molecule has 0 aliphatic rings. The Hall–Kier alpha value is -3.42. The predicted octanol–water partition coefficient (Wildman–Crippen LogP) is 0.608. The normalized spacial score (nSPS) is 10.7. The maximum atomic E-state index is 11.6. The molecule has 0 saturated heterocycles. The molecule has 2 N–H and O–H groups in total. The lowest BCUT2D eigenvalue weighted by molar-refractivity contribution is 0.0946. The van der Waals surface area contributed by atoms with Gasteiger partial charge in [0, 0.05) is 35.9 Å². The molecule has 0 radical (unpaired) electrons. The molecule has 0 unspecified atom stereocenters. The summed E-state index contributed by atoms with van der Waals surface area (Å²) < 4.78 is 0. The molecule has 0 aliphatic carbocycles. The smallest absolute Gasteiger partial charge is 0.267 e. The topological polar surface area (TPSA) is 109 Å². The molecule has 2 amide bonds. The molecule has 0 atom stereocenters. The minimum Gasteiger partial charge on any atom is -0.267 e. The first-order valence-corrected chi connectivity index (χ1v) is 6.23. The third-order valence-corrected chi connectivity index (χ3v) is 2.43. The van der Waals surface area contributed by atoms with E-state index in [-0.39, 0.29) is 11.8 Å². The minimum absolute atomic E-state index is 0.368. The van der Waals surface area contributed by atoms with Gasteiger partial charge in [-0.15, -0.1) is 0 Å². The molecule has 2 aromatic rings. The minimum atomic E-state index is -0.368. The summed E-state index contributed by atoms with van der Waals surface area (Å²) in [6.07, 6.45) is 8.52. The van der Waals surface area contributed by atoms with E-state index in [2.05, 4.69) is 31.0 Å². The van der Waals surface area contributed by atoms with Crippen LogP contribution in [0, 0.1) is 0 Å². The van der Waals surface area contributed by atoms with Crippen molar-refractivity contribution in [3.8, 4) is 0 Å². The van der Waals surface area contributed by atoms with Gasteiger partial charge in [0.2, 0.25) is 0 Å². The maximum Gasteiger partial charge on any atom is 0.271 e. The predicted molar refractivity (Wildman–Crippen MR) is 80.4 cm³/mol. The third kappa shape index (κ3) is 4.60. The van der Waals surface area contributed by atoms with E-state index < -0.39 is 0 Å². The monoisotopic (exact) mass is 296 g/mol. The number of carbonyl (C=O) groups excluding carboxylic acids is 2. The molecule has 8 nitrogen and oxygen atoms in total. The Kier molecular flexibility index (Phi) is 5.45. The molecule has 22 heavy (non-hydrogen) atoms. The Bertz CT molecular complexity index is 623. The second-order valence-corrected chi connectivity index (χ2v) is 3.91. The van der Waals surface area contributed by atoms with Gasteiger partial charge < -0.3 is 0 Å². The lowest BCUT2D eigenvalue weighted by Gasteiger charge is -1.98. The van der Waals surface area contributed by atoms with Crippen LogP contribution in [0.3, 0.4) is 0 Å². The molecule has 110 valence electrons. The van der Waals surface area contributed by atoms with Crippen LogP contribution in [0.15, 0.2) is 59.3 Å². The number of rotatable bonds is 5. The average Bonchev–Trinajstić information content (AvgIpc) is 2.59. The van der Waals surface area contributed by atoms with Crippen molar-refractivity contribution in [2.45, 2.75) is 0 Å². The largest absolute Gasteiger partial charge is 0.271 e. The van der Waals surface area contributed by atoms with Crippen LogP contribution in [-0.2, 0) is 0 Å². The van der Waals surface area contributed by atoms with Gasteiger partial charge in [0.1, 0.15) is 0 Å². The summed E-state index contributed by atoms with van der Waals surface area (Å²) in [7, 11) is 0. The molecule has 2 rings (SSSR count). The highest BCUT2D eigenvalue weighted by Crippen LogP contribution is 1.95. The van der Waals surface area contributed by atoms with Crippen molar-refractivity contribution in [1.82, 2.24) is 20.8 Å². The number of carbonyl (C=O) groups is 2. The highest BCUT2D eigenvalue weighted by molar-refractivity contribution is 6.16. The summed E-state index contributed by atoms with van der Waals surface area (Å²) in [6.45, 7) is 0. The lowest BCUT2D eigenvalue weighted by Crippen LogP contribution is -2.19. The number of hydrogen-bond acceptors (Lipinski definition) is 6. The Morgan fingerprint density at radius 3 is 1.50 bits per heavy atom. The van der Waals surface area contributed by atoms with Crippen LogP contribution in [0.1, 0.15) is 20.7 Å². The van der Waals surface area contributed by atoms with E-state index in [1.165, 1.54) is 37.2 Å². The van der Waals surface area contributed by atoms with Crippen LogP contribution in [-0.4, -0.2) is 34.2 Å². The van der Waals surface area contributed by atoms with Gasteiger partial charge in [0.25, 0.3) is 11.8 Å². The van der Waals surface area contributed by atoms with E-state index in [0.717, 1.165) is 0 Å². The molecule has 0 spiro atoms. The van der Waals surface area contributed by atoms with Gasteiger partial charge in [0.15, 0.2) is 0 Å². The number of hydrogen-bond donors (Lipinski definition) is 2. The quantitative estimate of drug-likeness (QED) is 0.622. The van der Waals surface area contributed by atoms with Crippen LogP contribution < -0.4 is 10.9 Å². The standard InChI is InChI=1S/C14H12N6O2/c21-13(11-1-5-15-6-2-11)19-17-9-10-18-20-14(22)12-3-7-16-8-4-12/h1-10H,(H,19,21)(H,20,22)/b17-9-,18-10+. The summed E-state index contributed by atoms with van der Waals surface area (Å²) >= 11 is 0. The fourth-order valence-corrected chi connectivity index (χ4v) is 1.39. The molecular weight excluding hydrogens is 284 g/mol. The van der Waals surface area contributed by atoms with Gasteiger partial charge in [0.05, 0.1) is 12.4 Å². The number of aromatic nitrogens is 2. The van der Waals surface area contributed by atoms with E-state index >= 15 is 0 Å². The van der Waals surface area contributed by atoms with Crippen LogP contribution in [0.25, 0.3) is 0 Å². The van der Waals surface area contributed by atoms with Crippen LogP contribution >= 0.6 is 0 Å². The number of hydrazone groups is 2. The SMILES string of the molecule is O=C(N/N=C\C=N\NC(=O)c1ccncc1)c1ccncc1. The molecule has 0 fully saturated rings. The second kappa shape index (κ2) is 8.00. The van der Waals surface area contributed by atoms with Crippen molar-refractivity contribution in [3.63, 3.8) is 0 Å². The molecule has 8 heteroatoms. The van der Waals surface area contributed by atoms with E-state index in [0.29, 0.717) is 11.1 Å². The van der Waals surface area contributed by atoms with Gasteiger partial charge in [-0.3, -0.25) is 19.6 Å². The number of nitrogens with zero attached hydrogens (tertiary/aromatic N) is 4. The van der Waals surface area contributed by atoms with Crippen molar-refractivity contribution < 1.29 is 9.59 Å².